The third-order valence-corrected chi connectivity index (χ3v) is 5.17. The lowest BCUT2D eigenvalue weighted by molar-refractivity contribution is 0.303. The normalized spacial score (nSPS) is 17.9. The maximum absolute atomic E-state index is 5.59. The van der Waals surface area contributed by atoms with Gasteiger partial charge in [-0.25, -0.2) is 0 Å². The van der Waals surface area contributed by atoms with E-state index in [9.17, 15) is 0 Å². The fraction of sp³-hybridized carbons (Fsp3) is 0.478. The Kier molecular flexibility index (Phi) is 13.8. The summed E-state index contributed by atoms with van der Waals surface area (Å²) in [6.45, 7) is 7.30. The minimum atomic E-state index is 0. The Morgan fingerprint density at radius 3 is 2.50 bits per heavy atom. The number of hydrogen-bond acceptors (Lipinski definition) is 4. The van der Waals surface area contributed by atoms with Gasteiger partial charge >= 0.3 is 0 Å². The second kappa shape index (κ2) is 14.5. The highest BCUT2D eigenvalue weighted by Gasteiger charge is 2.25. The van der Waals surface area contributed by atoms with Crippen molar-refractivity contribution in [2.75, 3.05) is 25.5 Å². The number of ether oxygens (including phenoxy) is 1. The van der Waals surface area contributed by atoms with Crippen molar-refractivity contribution in [1.82, 2.24) is 10.6 Å². The highest BCUT2D eigenvalue weighted by molar-refractivity contribution is 5.85. The molecule has 0 aromatic heterocycles. The summed E-state index contributed by atoms with van der Waals surface area (Å²) in [6.07, 6.45) is 2.38. The average Bonchev–Trinajstić information content (AvgIpc) is 2.71. The number of methoxy groups -OCH3 is 1. The Labute approximate surface area is 193 Å². The van der Waals surface area contributed by atoms with Crippen LogP contribution in [0.2, 0.25) is 0 Å². The molecule has 2 aromatic carbocycles. The summed E-state index contributed by atoms with van der Waals surface area (Å²) < 4.78 is 5.59. The van der Waals surface area contributed by atoms with Gasteiger partial charge < -0.3 is 26.2 Å². The van der Waals surface area contributed by atoms with E-state index in [0.717, 1.165) is 31.1 Å². The van der Waals surface area contributed by atoms with E-state index in [1.54, 1.807) is 7.11 Å². The molecule has 170 valence electrons. The number of nitrogens with one attached hydrogen (secondary N) is 3. The Hall–Kier alpha value is -1.50. The van der Waals surface area contributed by atoms with Crippen LogP contribution >= 0.6 is 24.8 Å². The molecule has 30 heavy (non-hydrogen) atoms. The molecular weight excluding hydrogens is 421 g/mol. The summed E-state index contributed by atoms with van der Waals surface area (Å²) in [7, 11) is 1.75. The number of anilines is 1. The van der Waals surface area contributed by atoms with Crippen molar-refractivity contribution < 1.29 is 10.2 Å². The van der Waals surface area contributed by atoms with Crippen LogP contribution in [0, 0.1) is 5.92 Å². The van der Waals surface area contributed by atoms with E-state index in [0.29, 0.717) is 18.0 Å². The van der Waals surface area contributed by atoms with Crippen LogP contribution < -0.4 is 20.7 Å². The maximum Gasteiger partial charge on any atom is 0.123 e. The fourth-order valence-electron chi connectivity index (χ4n) is 3.71. The van der Waals surface area contributed by atoms with Crippen LogP contribution in [0.4, 0.5) is 5.69 Å². The van der Waals surface area contributed by atoms with Crippen molar-refractivity contribution in [2.24, 2.45) is 5.92 Å². The van der Waals surface area contributed by atoms with Gasteiger partial charge in [-0.2, -0.15) is 0 Å². The molecule has 5 nitrogen and oxygen atoms in total. The molecule has 1 heterocycles. The molecule has 2 atom stereocenters. The summed E-state index contributed by atoms with van der Waals surface area (Å²) in [5.74, 6) is 1.56. The molecule has 0 spiro atoms. The van der Waals surface area contributed by atoms with Gasteiger partial charge in [0.15, 0.2) is 0 Å². The third kappa shape index (κ3) is 7.97. The quantitative estimate of drug-likeness (QED) is 0.549. The van der Waals surface area contributed by atoms with Crippen LogP contribution in [0.1, 0.15) is 43.9 Å². The lowest BCUT2D eigenvalue weighted by Gasteiger charge is -2.34. The summed E-state index contributed by atoms with van der Waals surface area (Å²) in [5, 5.41) is 11.0. The standard InChI is InChI=1S/C23H33N3O.2ClH.H2O/c1-17(2)15-25-20-11-12-22(27-3)19(14-20)16-26-21-10-7-13-24-23(21)18-8-5-4-6-9-18;;;/h4-6,8-9,11-12,14,17,21,23-26H,7,10,13,15-16H2,1-3H3;2*1H;1H2/t21-,23-;;;/m0.../s1. The summed E-state index contributed by atoms with van der Waals surface area (Å²) in [6, 6.07) is 17.9. The molecule has 1 fully saturated rings. The highest BCUT2D eigenvalue weighted by atomic mass is 35.5. The zero-order chi connectivity index (χ0) is 19.1. The molecule has 0 saturated carbocycles. The van der Waals surface area contributed by atoms with Gasteiger partial charge in [0.05, 0.1) is 7.11 Å². The molecule has 0 unspecified atom stereocenters. The smallest absolute Gasteiger partial charge is 0.123 e. The van der Waals surface area contributed by atoms with E-state index in [4.69, 9.17) is 4.74 Å². The van der Waals surface area contributed by atoms with Crippen LogP contribution in [0.5, 0.6) is 5.75 Å². The van der Waals surface area contributed by atoms with E-state index >= 15 is 0 Å². The molecule has 1 aliphatic heterocycles. The second-order valence-electron chi connectivity index (χ2n) is 7.77. The van der Waals surface area contributed by atoms with Crippen molar-refractivity contribution in [3.05, 3.63) is 59.7 Å². The van der Waals surface area contributed by atoms with E-state index in [2.05, 4.69) is 78.3 Å². The van der Waals surface area contributed by atoms with E-state index < -0.39 is 0 Å². The molecular formula is C23H37Cl2N3O2. The summed E-state index contributed by atoms with van der Waals surface area (Å²) >= 11 is 0. The summed E-state index contributed by atoms with van der Waals surface area (Å²) in [5.41, 5.74) is 3.71. The van der Waals surface area contributed by atoms with Crippen LogP contribution in [0.25, 0.3) is 0 Å². The molecule has 2 aromatic rings. The zero-order valence-corrected chi connectivity index (χ0v) is 19.7. The topological polar surface area (TPSA) is 76.8 Å². The molecule has 3 rings (SSSR count). The van der Waals surface area contributed by atoms with Crippen LogP contribution in [-0.2, 0) is 6.54 Å². The third-order valence-electron chi connectivity index (χ3n) is 5.17. The first-order valence-corrected chi connectivity index (χ1v) is 10.1. The Morgan fingerprint density at radius 2 is 1.83 bits per heavy atom. The number of halogens is 2. The van der Waals surface area contributed by atoms with Gasteiger partial charge in [-0.3, -0.25) is 0 Å². The first-order valence-electron chi connectivity index (χ1n) is 10.1. The van der Waals surface area contributed by atoms with Gasteiger partial charge in [-0.15, -0.1) is 24.8 Å². The average molecular weight is 458 g/mol. The largest absolute Gasteiger partial charge is 0.496 e. The monoisotopic (exact) mass is 457 g/mol. The van der Waals surface area contributed by atoms with E-state index in [-0.39, 0.29) is 30.3 Å². The maximum atomic E-state index is 5.59. The summed E-state index contributed by atoms with van der Waals surface area (Å²) in [4.78, 5) is 0. The van der Waals surface area contributed by atoms with Gasteiger partial charge in [-0.1, -0.05) is 44.2 Å². The van der Waals surface area contributed by atoms with Gasteiger partial charge in [0.1, 0.15) is 5.75 Å². The van der Waals surface area contributed by atoms with Crippen molar-refractivity contribution in [2.45, 2.75) is 45.3 Å². The minimum absolute atomic E-state index is 0. The predicted molar refractivity (Wildman–Crippen MR) is 131 cm³/mol. The lowest BCUT2D eigenvalue weighted by atomic mass is 9.92. The SMILES string of the molecule is COc1ccc(NCC(C)C)cc1CN[C@H]1CCCN[C@H]1c1ccccc1.Cl.Cl.O. The van der Waals surface area contributed by atoms with Gasteiger partial charge in [0.25, 0.3) is 0 Å². The van der Waals surface area contributed by atoms with Crippen molar-refractivity contribution >= 4 is 30.5 Å². The highest BCUT2D eigenvalue weighted by Crippen LogP contribution is 2.26. The number of rotatable bonds is 8. The Bertz CT molecular complexity index is 717. The van der Waals surface area contributed by atoms with E-state index in [1.807, 2.05) is 0 Å². The predicted octanol–water partition coefficient (Wildman–Crippen LogP) is 4.36. The Morgan fingerprint density at radius 1 is 1.10 bits per heavy atom. The first-order chi connectivity index (χ1) is 13.2. The van der Waals surface area contributed by atoms with E-state index in [1.165, 1.54) is 24.0 Å². The second-order valence-corrected chi connectivity index (χ2v) is 7.77. The molecule has 0 amide bonds. The molecule has 0 radical (unpaired) electrons. The number of piperidine rings is 1. The first kappa shape index (κ1) is 28.5. The van der Waals surface area contributed by atoms with Gasteiger partial charge in [-0.05, 0) is 49.1 Å². The molecule has 1 aliphatic rings. The van der Waals surface area contributed by atoms with Gasteiger partial charge in [0, 0.05) is 36.4 Å². The molecule has 1 saturated heterocycles. The van der Waals surface area contributed by atoms with Crippen molar-refractivity contribution in [1.29, 1.82) is 0 Å². The lowest BCUT2D eigenvalue weighted by Crippen LogP contribution is -2.45. The number of benzene rings is 2. The molecule has 0 aliphatic carbocycles. The van der Waals surface area contributed by atoms with Crippen LogP contribution in [0.15, 0.2) is 48.5 Å². The Balaban J connectivity index is 0.00000280. The number of hydrogen-bond donors (Lipinski definition) is 3. The molecule has 7 heteroatoms. The van der Waals surface area contributed by atoms with Crippen molar-refractivity contribution in [3.63, 3.8) is 0 Å². The zero-order valence-electron chi connectivity index (χ0n) is 18.1. The van der Waals surface area contributed by atoms with Crippen LogP contribution in [0.3, 0.4) is 0 Å². The molecule has 5 N–H and O–H groups in total. The fourth-order valence-corrected chi connectivity index (χ4v) is 3.71. The minimum Gasteiger partial charge on any atom is -0.496 e. The molecule has 0 bridgehead atoms. The van der Waals surface area contributed by atoms with Crippen LogP contribution in [-0.4, -0.2) is 31.7 Å². The van der Waals surface area contributed by atoms with Crippen molar-refractivity contribution in [3.8, 4) is 5.75 Å². The van der Waals surface area contributed by atoms with Gasteiger partial charge in [0.2, 0.25) is 0 Å².